The van der Waals surface area contributed by atoms with Crippen LogP contribution in [-0.4, -0.2) is 186 Å². The standard InChI is InChI=1S/C48H74O20/c1-21-29(52)31(54)34(57)39(64-21)67-37-24(18-49)65-38(36(59)33(37)56)63-19-25-30(53)32(55)35(58)40(66-25)68-42(62)48-15-13-43(2,41(60)61)17-23(48)22-7-8-27-44(3)11-10-28(51)45(4,20-50)26(44)9-12-47(27,6)46(22,5)14-16-48/h7,20-21,23-40,49,51-59H,8-19H2,1-6H3,(H,60,61)/t21-,23-,24-,25-,26-,27-,28+,29-,30-,31+,32+,33-,34-,35-,36-,37-,38-,39+,40+,43-,44+,45+,46-,47+,48+/m0/s1. The van der Waals surface area contributed by atoms with E-state index in [1.165, 1.54) is 6.92 Å². The van der Waals surface area contributed by atoms with Crippen molar-refractivity contribution in [3.63, 3.8) is 0 Å². The molecule has 4 saturated carbocycles. The maximum Gasteiger partial charge on any atom is 0.315 e. The highest BCUT2D eigenvalue weighted by atomic mass is 16.8. The van der Waals surface area contributed by atoms with E-state index in [-0.39, 0.29) is 41.9 Å². The van der Waals surface area contributed by atoms with Gasteiger partial charge in [-0.1, -0.05) is 39.3 Å². The lowest BCUT2D eigenvalue weighted by atomic mass is 9.33. The van der Waals surface area contributed by atoms with E-state index >= 15 is 0 Å². The van der Waals surface area contributed by atoms with Crippen molar-refractivity contribution in [2.75, 3.05) is 13.2 Å². The van der Waals surface area contributed by atoms with E-state index in [4.69, 9.17) is 28.4 Å². The zero-order chi connectivity index (χ0) is 49.8. The summed E-state index contributed by atoms with van der Waals surface area (Å²) in [4.78, 5) is 40.6. The Balaban J connectivity index is 0.998. The Bertz CT molecular complexity index is 1940. The van der Waals surface area contributed by atoms with Crippen LogP contribution in [0.2, 0.25) is 0 Å². The van der Waals surface area contributed by atoms with Crippen LogP contribution < -0.4 is 0 Å². The van der Waals surface area contributed by atoms with E-state index < -0.39 is 151 Å². The summed E-state index contributed by atoms with van der Waals surface area (Å²) in [6.07, 6.45) is -17.9. The number of hydrogen-bond acceptors (Lipinski definition) is 19. The minimum atomic E-state index is -1.94. The van der Waals surface area contributed by atoms with Crippen LogP contribution in [0.1, 0.15) is 106 Å². The summed E-state index contributed by atoms with van der Waals surface area (Å²) in [6.45, 7) is 10.3. The molecule has 0 amide bonds. The van der Waals surface area contributed by atoms with Crippen molar-refractivity contribution in [1.29, 1.82) is 0 Å². The third kappa shape index (κ3) is 7.86. The fourth-order valence-corrected chi connectivity index (χ4v) is 14.7. The predicted octanol–water partition coefficient (Wildman–Crippen LogP) is -0.588. The number of rotatable bonds is 10. The van der Waals surface area contributed by atoms with Crippen LogP contribution in [0.25, 0.3) is 0 Å². The maximum absolute atomic E-state index is 15.0. The Morgan fingerprint density at radius 1 is 0.721 bits per heavy atom. The summed E-state index contributed by atoms with van der Waals surface area (Å²) in [6, 6.07) is 0. The number of carbonyl (C=O) groups excluding carboxylic acids is 2. The molecule has 0 spiro atoms. The molecule has 20 nitrogen and oxygen atoms in total. The molecular weight excluding hydrogens is 897 g/mol. The molecule has 25 atom stereocenters. The molecule has 8 aliphatic rings. The maximum atomic E-state index is 15.0. The average Bonchev–Trinajstić information content (AvgIpc) is 3.30. The number of hydrogen-bond donors (Lipinski definition) is 11. The molecule has 3 aliphatic heterocycles. The minimum Gasteiger partial charge on any atom is -0.481 e. The molecular formula is C48H74O20. The van der Waals surface area contributed by atoms with Crippen molar-refractivity contribution >= 4 is 18.2 Å². The molecule has 0 aromatic carbocycles. The number of aliphatic carboxylic acids is 1. The smallest absolute Gasteiger partial charge is 0.315 e. The van der Waals surface area contributed by atoms with Crippen LogP contribution in [0.3, 0.4) is 0 Å². The summed E-state index contributed by atoms with van der Waals surface area (Å²) in [5.74, 6) is -2.24. The molecule has 5 aliphatic carbocycles. The zero-order valence-corrected chi connectivity index (χ0v) is 39.7. The number of aldehydes is 1. The third-order valence-electron chi connectivity index (χ3n) is 19.5. The second kappa shape index (κ2) is 18.4. The van der Waals surface area contributed by atoms with E-state index in [1.807, 2.05) is 6.92 Å². The van der Waals surface area contributed by atoms with Crippen molar-refractivity contribution < 1.29 is 99.0 Å². The first-order chi connectivity index (χ1) is 31.8. The van der Waals surface area contributed by atoms with Gasteiger partial charge in [-0.25, -0.2) is 0 Å². The molecule has 386 valence electrons. The number of carboxylic acid groups (broad SMARTS) is 1. The summed E-state index contributed by atoms with van der Waals surface area (Å²) in [5.41, 5.74) is -3.40. The monoisotopic (exact) mass is 970 g/mol. The first-order valence-corrected chi connectivity index (χ1v) is 24.4. The number of allylic oxidation sites excluding steroid dienone is 2. The van der Waals surface area contributed by atoms with Gasteiger partial charge in [-0.05, 0) is 112 Å². The summed E-state index contributed by atoms with van der Waals surface area (Å²) in [5, 5.41) is 118. The zero-order valence-electron chi connectivity index (χ0n) is 39.7. The highest BCUT2D eigenvalue weighted by Gasteiger charge is 2.71. The quantitative estimate of drug-likeness (QED) is 0.0741. The van der Waals surface area contributed by atoms with Crippen molar-refractivity contribution in [3.8, 4) is 0 Å². The van der Waals surface area contributed by atoms with Crippen molar-refractivity contribution in [3.05, 3.63) is 11.6 Å². The second-order valence-corrected chi connectivity index (χ2v) is 22.9. The Kier molecular flexibility index (Phi) is 14.1. The third-order valence-corrected chi connectivity index (χ3v) is 19.5. The van der Waals surface area contributed by atoms with Gasteiger partial charge in [-0.15, -0.1) is 0 Å². The second-order valence-electron chi connectivity index (χ2n) is 22.9. The van der Waals surface area contributed by atoms with Gasteiger partial charge in [0.2, 0.25) is 6.29 Å². The van der Waals surface area contributed by atoms with Crippen LogP contribution in [0.4, 0.5) is 0 Å². The van der Waals surface area contributed by atoms with Gasteiger partial charge in [0.05, 0.1) is 41.7 Å². The Hall–Kier alpha value is -2.25. The fraction of sp³-hybridized carbons (Fsp3) is 0.896. The number of esters is 1. The van der Waals surface area contributed by atoms with Gasteiger partial charge in [0.1, 0.15) is 73.4 Å². The van der Waals surface area contributed by atoms with Gasteiger partial charge in [0, 0.05) is 0 Å². The molecule has 68 heavy (non-hydrogen) atoms. The van der Waals surface area contributed by atoms with Gasteiger partial charge in [0.15, 0.2) is 12.6 Å². The number of carbonyl (C=O) groups is 3. The van der Waals surface area contributed by atoms with Crippen LogP contribution in [0, 0.1) is 50.2 Å². The van der Waals surface area contributed by atoms with Gasteiger partial charge < -0.3 is 89.4 Å². The Morgan fingerprint density at radius 3 is 2.01 bits per heavy atom. The molecule has 7 fully saturated rings. The van der Waals surface area contributed by atoms with E-state index in [1.54, 1.807) is 6.92 Å². The highest BCUT2D eigenvalue weighted by Crippen LogP contribution is 2.76. The number of ether oxygens (including phenoxy) is 6. The number of aliphatic hydroxyl groups is 10. The highest BCUT2D eigenvalue weighted by molar-refractivity contribution is 5.81. The molecule has 8 rings (SSSR count). The molecule has 0 unspecified atom stereocenters. The lowest BCUT2D eigenvalue weighted by Crippen LogP contribution is -2.66. The fourth-order valence-electron chi connectivity index (χ4n) is 14.7. The average molecular weight is 971 g/mol. The number of aliphatic hydroxyl groups excluding tert-OH is 10. The first-order valence-electron chi connectivity index (χ1n) is 24.4. The molecule has 0 aromatic heterocycles. The summed E-state index contributed by atoms with van der Waals surface area (Å²) < 4.78 is 34.5. The lowest BCUT2D eigenvalue weighted by Gasteiger charge is -2.70. The van der Waals surface area contributed by atoms with E-state index in [0.717, 1.165) is 31.1 Å². The Labute approximate surface area is 395 Å². The topological polar surface area (TPSA) is 329 Å². The van der Waals surface area contributed by atoms with Gasteiger partial charge in [0.25, 0.3) is 0 Å². The van der Waals surface area contributed by atoms with E-state index in [2.05, 4.69) is 26.8 Å². The van der Waals surface area contributed by atoms with E-state index in [9.17, 15) is 70.6 Å². The van der Waals surface area contributed by atoms with Gasteiger partial charge in [-0.3, -0.25) is 9.59 Å². The first kappa shape index (κ1) is 52.1. The molecule has 0 radical (unpaired) electrons. The van der Waals surface area contributed by atoms with Gasteiger partial charge in [-0.2, -0.15) is 0 Å². The lowest BCUT2D eigenvalue weighted by molar-refractivity contribution is -0.361. The summed E-state index contributed by atoms with van der Waals surface area (Å²) >= 11 is 0. The number of fused-ring (bicyclic) bond motifs is 7. The van der Waals surface area contributed by atoms with Crippen LogP contribution >= 0.6 is 0 Å². The molecule has 11 N–H and O–H groups in total. The molecule has 0 bridgehead atoms. The largest absolute Gasteiger partial charge is 0.481 e. The predicted molar refractivity (Wildman–Crippen MR) is 231 cm³/mol. The SMILES string of the molecule is C[C@@H]1O[C@H](O[C@@H]2[C@@H](O)[C@H](O)[C@@H](OC[C@@H]3O[C@H](OC(=O)[C@@]45CC[C@](C)(C(=O)O)C[C@H]4C4=CC[C@H]6[C@]7(C)CC[C@@H](O)[C@](C)(C=O)[C@H]7CC[C@@]6(C)[C@@]4(C)CC5)[C@@H](O)[C@H](O)[C@H]3O)O[C@H]2CO)[C@@H](O)[C@H](O)[C@H]1O. The van der Waals surface area contributed by atoms with Crippen molar-refractivity contribution in [1.82, 2.24) is 0 Å². The Morgan fingerprint density at radius 2 is 1.35 bits per heavy atom. The normalized spacial score (nSPS) is 54.8. The number of carboxylic acids is 1. The molecule has 3 saturated heterocycles. The molecule has 20 heteroatoms. The van der Waals surface area contributed by atoms with E-state index in [0.29, 0.717) is 25.7 Å². The van der Waals surface area contributed by atoms with Crippen LogP contribution in [0.5, 0.6) is 0 Å². The van der Waals surface area contributed by atoms with Crippen molar-refractivity contribution in [2.45, 2.75) is 204 Å². The summed E-state index contributed by atoms with van der Waals surface area (Å²) in [7, 11) is 0. The molecule has 3 heterocycles. The van der Waals surface area contributed by atoms with Crippen LogP contribution in [0.15, 0.2) is 11.6 Å². The minimum absolute atomic E-state index is 0.0351. The van der Waals surface area contributed by atoms with Gasteiger partial charge >= 0.3 is 11.9 Å². The van der Waals surface area contributed by atoms with Crippen LogP contribution in [-0.2, 0) is 42.8 Å². The molecule has 0 aromatic rings. The van der Waals surface area contributed by atoms with Crippen molar-refractivity contribution in [2.24, 2.45) is 50.2 Å².